The normalized spacial score (nSPS) is 33.3. The lowest BCUT2D eigenvalue weighted by atomic mass is 9.92. The first-order chi connectivity index (χ1) is 7.67. The van der Waals surface area contributed by atoms with E-state index in [9.17, 15) is 0 Å². The predicted molar refractivity (Wildman–Crippen MR) is 64.9 cm³/mol. The first-order valence-electron chi connectivity index (χ1n) is 6.55. The summed E-state index contributed by atoms with van der Waals surface area (Å²) in [6, 6.07) is 3.06. The van der Waals surface area contributed by atoms with Gasteiger partial charge in [0.05, 0.1) is 6.07 Å². The van der Waals surface area contributed by atoms with Crippen LogP contribution in [0.25, 0.3) is 0 Å². The van der Waals surface area contributed by atoms with Gasteiger partial charge in [0, 0.05) is 25.7 Å². The van der Waals surface area contributed by atoms with Crippen molar-refractivity contribution < 1.29 is 0 Å². The third-order valence-electron chi connectivity index (χ3n) is 3.56. The Bertz CT molecular complexity index is 257. The smallest absolute Gasteiger partial charge is 0.108 e. The molecule has 3 atom stereocenters. The van der Waals surface area contributed by atoms with Crippen molar-refractivity contribution in [2.75, 3.05) is 19.6 Å². The van der Waals surface area contributed by atoms with Gasteiger partial charge in [0.15, 0.2) is 0 Å². The monoisotopic (exact) mass is 221 g/mol. The molecule has 0 radical (unpaired) electrons. The van der Waals surface area contributed by atoms with Gasteiger partial charge in [0.25, 0.3) is 0 Å². The van der Waals surface area contributed by atoms with Gasteiger partial charge in [-0.15, -0.1) is 0 Å². The molecule has 1 saturated carbocycles. The lowest BCUT2D eigenvalue weighted by molar-refractivity contribution is 0.135. The largest absolute Gasteiger partial charge is 0.300 e. The number of rotatable bonds is 4. The second-order valence-corrected chi connectivity index (χ2v) is 5.79. The van der Waals surface area contributed by atoms with Crippen LogP contribution in [0.1, 0.15) is 33.1 Å². The molecule has 0 bridgehead atoms. The fourth-order valence-corrected chi connectivity index (χ4v) is 2.86. The predicted octanol–water partition coefficient (Wildman–Crippen LogP) is 1.61. The second kappa shape index (κ2) is 5.16. The maximum atomic E-state index is 9.13. The van der Waals surface area contributed by atoms with Gasteiger partial charge >= 0.3 is 0 Å². The zero-order valence-corrected chi connectivity index (χ0v) is 10.4. The van der Waals surface area contributed by atoms with Crippen LogP contribution in [0.15, 0.2) is 0 Å². The number of piperidine rings is 1. The molecule has 1 aliphatic heterocycles. The first kappa shape index (κ1) is 11.9. The molecular formula is C13H23N3. The molecule has 2 fully saturated rings. The Kier molecular flexibility index (Phi) is 3.83. The molecule has 16 heavy (non-hydrogen) atoms. The Labute approximate surface area is 98.8 Å². The average molecular weight is 221 g/mol. The van der Waals surface area contributed by atoms with E-state index in [0.29, 0.717) is 6.04 Å². The minimum atomic E-state index is 0.0324. The van der Waals surface area contributed by atoms with Crippen molar-refractivity contribution >= 4 is 0 Å². The van der Waals surface area contributed by atoms with Crippen molar-refractivity contribution in [1.82, 2.24) is 10.2 Å². The zero-order chi connectivity index (χ0) is 11.5. The van der Waals surface area contributed by atoms with Crippen molar-refractivity contribution in [2.24, 2.45) is 11.8 Å². The highest BCUT2D eigenvalue weighted by atomic mass is 15.2. The fraction of sp³-hybridized carbons (Fsp3) is 0.923. The molecule has 0 aromatic rings. The van der Waals surface area contributed by atoms with E-state index in [1.165, 1.54) is 19.3 Å². The quantitative estimate of drug-likeness (QED) is 0.784. The molecule has 0 spiro atoms. The summed E-state index contributed by atoms with van der Waals surface area (Å²) in [5.74, 6) is 1.56. The van der Waals surface area contributed by atoms with E-state index in [0.717, 1.165) is 31.5 Å². The van der Waals surface area contributed by atoms with Crippen LogP contribution in [0.2, 0.25) is 0 Å². The molecule has 0 aromatic carbocycles. The molecule has 2 aliphatic rings. The highest BCUT2D eigenvalue weighted by molar-refractivity contribution is 4.98. The summed E-state index contributed by atoms with van der Waals surface area (Å²) in [6.07, 6.45) is 3.85. The third kappa shape index (κ3) is 3.47. The maximum absolute atomic E-state index is 9.13. The lowest BCUT2D eigenvalue weighted by Crippen LogP contribution is -2.46. The summed E-state index contributed by atoms with van der Waals surface area (Å²) in [5.41, 5.74) is 0. The van der Waals surface area contributed by atoms with E-state index >= 15 is 0 Å². The SMILES string of the molecule is CC1CC(C)CN(CC(C#N)NC2CC2)C1. The van der Waals surface area contributed by atoms with Crippen LogP contribution in [0.3, 0.4) is 0 Å². The maximum Gasteiger partial charge on any atom is 0.108 e. The standard InChI is InChI=1S/C13H23N3/c1-10-5-11(2)8-16(7-10)9-13(6-14)15-12-3-4-12/h10-13,15H,3-5,7-9H2,1-2H3. The molecule has 1 N–H and O–H groups in total. The van der Waals surface area contributed by atoms with Crippen LogP contribution in [-0.2, 0) is 0 Å². The van der Waals surface area contributed by atoms with Crippen molar-refractivity contribution in [2.45, 2.75) is 45.2 Å². The number of hydrogen-bond acceptors (Lipinski definition) is 3. The van der Waals surface area contributed by atoms with Crippen molar-refractivity contribution in [3.63, 3.8) is 0 Å². The van der Waals surface area contributed by atoms with Gasteiger partial charge in [0.2, 0.25) is 0 Å². The highest BCUT2D eigenvalue weighted by Crippen LogP contribution is 2.22. The van der Waals surface area contributed by atoms with E-state index in [-0.39, 0.29) is 6.04 Å². The number of nitriles is 1. The summed E-state index contributed by atoms with van der Waals surface area (Å²) >= 11 is 0. The second-order valence-electron chi connectivity index (χ2n) is 5.79. The molecule has 1 saturated heterocycles. The van der Waals surface area contributed by atoms with E-state index in [2.05, 4.69) is 30.1 Å². The van der Waals surface area contributed by atoms with Crippen LogP contribution in [0.5, 0.6) is 0 Å². The van der Waals surface area contributed by atoms with Gasteiger partial charge in [-0.2, -0.15) is 5.26 Å². The van der Waals surface area contributed by atoms with Crippen LogP contribution >= 0.6 is 0 Å². The topological polar surface area (TPSA) is 39.1 Å². The van der Waals surface area contributed by atoms with Gasteiger partial charge in [-0.05, 0) is 31.1 Å². The van der Waals surface area contributed by atoms with E-state index < -0.39 is 0 Å². The van der Waals surface area contributed by atoms with Gasteiger partial charge < -0.3 is 4.90 Å². The molecule has 1 aliphatic carbocycles. The van der Waals surface area contributed by atoms with E-state index in [1.807, 2.05) is 0 Å². The number of hydrogen-bond donors (Lipinski definition) is 1. The Morgan fingerprint density at radius 1 is 1.31 bits per heavy atom. The fourth-order valence-electron chi connectivity index (χ4n) is 2.86. The lowest BCUT2D eigenvalue weighted by Gasteiger charge is -2.35. The van der Waals surface area contributed by atoms with Crippen molar-refractivity contribution in [3.8, 4) is 6.07 Å². The van der Waals surface area contributed by atoms with Gasteiger partial charge in [-0.3, -0.25) is 5.32 Å². The minimum absolute atomic E-state index is 0.0324. The number of likely N-dealkylation sites (tertiary alicyclic amines) is 1. The average Bonchev–Trinajstić information content (AvgIpc) is 2.99. The molecule has 2 rings (SSSR count). The minimum Gasteiger partial charge on any atom is -0.300 e. The Hall–Kier alpha value is -0.590. The van der Waals surface area contributed by atoms with Gasteiger partial charge in [-0.25, -0.2) is 0 Å². The number of nitrogens with one attached hydrogen (secondary N) is 1. The molecule has 3 unspecified atom stereocenters. The van der Waals surface area contributed by atoms with Gasteiger partial charge in [0.1, 0.15) is 6.04 Å². The molecule has 3 nitrogen and oxygen atoms in total. The van der Waals surface area contributed by atoms with Crippen LogP contribution < -0.4 is 5.32 Å². The van der Waals surface area contributed by atoms with E-state index in [4.69, 9.17) is 5.26 Å². The van der Waals surface area contributed by atoms with Crippen LogP contribution in [-0.4, -0.2) is 36.6 Å². The molecule has 3 heteroatoms. The molecule has 1 heterocycles. The summed E-state index contributed by atoms with van der Waals surface area (Å²) in [6.45, 7) is 7.86. The molecule has 0 amide bonds. The van der Waals surface area contributed by atoms with Crippen LogP contribution in [0.4, 0.5) is 0 Å². The van der Waals surface area contributed by atoms with E-state index in [1.54, 1.807) is 0 Å². The summed E-state index contributed by atoms with van der Waals surface area (Å²) in [7, 11) is 0. The van der Waals surface area contributed by atoms with Gasteiger partial charge in [-0.1, -0.05) is 13.8 Å². The number of nitrogens with zero attached hydrogens (tertiary/aromatic N) is 2. The van der Waals surface area contributed by atoms with Crippen molar-refractivity contribution in [1.29, 1.82) is 5.26 Å². The molecule has 0 aromatic heterocycles. The third-order valence-corrected chi connectivity index (χ3v) is 3.56. The Balaban J connectivity index is 1.79. The van der Waals surface area contributed by atoms with Crippen LogP contribution in [0, 0.1) is 23.2 Å². The van der Waals surface area contributed by atoms with Crippen molar-refractivity contribution in [3.05, 3.63) is 0 Å². The highest BCUT2D eigenvalue weighted by Gasteiger charge is 2.28. The molecular weight excluding hydrogens is 198 g/mol. The summed E-state index contributed by atoms with van der Waals surface area (Å²) in [5, 5.41) is 12.5. The zero-order valence-electron chi connectivity index (χ0n) is 10.4. The summed E-state index contributed by atoms with van der Waals surface area (Å²) in [4.78, 5) is 2.46. The first-order valence-corrected chi connectivity index (χ1v) is 6.55. The molecule has 90 valence electrons. The Morgan fingerprint density at radius 2 is 1.94 bits per heavy atom. The summed E-state index contributed by atoms with van der Waals surface area (Å²) < 4.78 is 0. The Morgan fingerprint density at radius 3 is 2.44 bits per heavy atom.